The third-order valence-electron chi connectivity index (χ3n) is 5.83. The Bertz CT molecular complexity index is 1060. The fourth-order valence-corrected chi connectivity index (χ4v) is 3.78. The van der Waals surface area contributed by atoms with Gasteiger partial charge in [-0.1, -0.05) is 6.92 Å². The van der Waals surface area contributed by atoms with Crippen LogP contribution in [-0.2, 0) is 9.47 Å². The molecular formula is C22H24O9. The van der Waals surface area contributed by atoms with Crippen LogP contribution in [0.3, 0.4) is 0 Å². The molecule has 2 aliphatic rings. The summed E-state index contributed by atoms with van der Waals surface area (Å²) in [7, 11) is 0. The number of phenols is 1. The van der Waals surface area contributed by atoms with E-state index in [1.54, 1.807) is 13.8 Å². The molecule has 1 aliphatic heterocycles. The first-order valence-electron chi connectivity index (χ1n) is 9.93. The van der Waals surface area contributed by atoms with E-state index in [1.807, 2.05) is 0 Å². The number of phenolic OH excluding ortho intramolecular Hbond substituents is 1. The predicted molar refractivity (Wildman–Crippen MR) is 108 cm³/mol. The minimum Gasteiger partial charge on any atom is -0.508 e. The molecule has 0 bridgehead atoms. The Morgan fingerprint density at radius 2 is 1.71 bits per heavy atom. The molecule has 0 amide bonds. The Labute approximate surface area is 177 Å². The first kappa shape index (κ1) is 21.4. The van der Waals surface area contributed by atoms with E-state index in [0.29, 0.717) is 5.56 Å². The fourth-order valence-electron chi connectivity index (χ4n) is 3.78. The SMILES string of the molecule is CC1OC(OC2=Cc3oc(-c4ccc(O)cc4)c(O)c(=O)c3C(O)C2)C(O)C(O)C1C. The highest BCUT2D eigenvalue weighted by molar-refractivity contribution is 5.67. The first-order valence-corrected chi connectivity index (χ1v) is 9.93. The molecule has 9 nitrogen and oxygen atoms in total. The van der Waals surface area contributed by atoms with Gasteiger partial charge in [-0.15, -0.1) is 0 Å². The van der Waals surface area contributed by atoms with E-state index >= 15 is 0 Å². The zero-order valence-electron chi connectivity index (χ0n) is 16.9. The van der Waals surface area contributed by atoms with Gasteiger partial charge in [0.25, 0.3) is 0 Å². The molecule has 6 atom stereocenters. The van der Waals surface area contributed by atoms with Gasteiger partial charge in [0, 0.05) is 24.0 Å². The largest absolute Gasteiger partial charge is 0.508 e. The standard InChI is InChI=1S/C22H24O9/c1-9-10(2)29-22(20(28)17(9)25)30-13-7-14(24)16-15(8-13)31-21(19(27)18(16)26)11-3-5-12(23)6-4-11/h3-6,8-10,14,17,20,22-25,27-28H,7H2,1-2H3. The Morgan fingerprint density at radius 1 is 1.03 bits per heavy atom. The summed E-state index contributed by atoms with van der Waals surface area (Å²) in [6.45, 7) is 3.50. The molecule has 9 heteroatoms. The van der Waals surface area contributed by atoms with Gasteiger partial charge in [-0.05, 0) is 31.2 Å². The quantitative estimate of drug-likeness (QED) is 0.487. The van der Waals surface area contributed by atoms with E-state index in [-0.39, 0.29) is 47.0 Å². The number of aromatic hydroxyl groups is 2. The lowest BCUT2D eigenvalue weighted by Crippen LogP contribution is -2.53. The molecule has 1 saturated heterocycles. The molecule has 1 aliphatic carbocycles. The van der Waals surface area contributed by atoms with Gasteiger partial charge in [0.1, 0.15) is 23.4 Å². The second-order valence-corrected chi connectivity index (χ2v) is 7.93. The van der Waals surface area contributed by atoms with Crippen LogP contribution in [-0.4, -0.2) is 50.1 Å². The number of ether oxygens (including phenoxy) is 2. The number of benzene rings is 1. The van der Waals surface area contributed by atoms with E-state index in [2.05, 4.69) is 0 Å². The Morgan fingerprint density at radius 3 is 2.39 bits per heavy atom. The third-order valence-corrected chi connectivity index (χ3v) is 5.83. The summed E-state index contributed by atoms with van der Waals surface area (Å²) in [6.07, 6.45) is -3.92. The number of aliphatic hydroxyl groups excluding tert-OH is 3. The first-order chi connectivity index (χ1) is 14.7. The summed E-state index contributed by atoms with van der Waals surface area (Å²) < 4.78 is 17.1. The average molecular weight is 432 g/mol. The van der Waals surface area contributed by atoms with Gasteiger partial charge in [-0.3, -0.25) is 4.79 Å². The third kappa shape index (κ3) is 3.81. The second-order valence-electron chi connectivity index (χ2n) is 7.93. The lowest BCUT2D eigenvalue weighted by molar-refractivity contribution is -0.269. The van der Waals surface area contributed by atoms with Crippen molar-refractivity contribution in [3.63, 3.8) is 0 Å². The van der Waals surface area contributed by atoms with Gasteiger partial charge in [0.05, 0.1) is 23.9 Å². The van der Waals surface area contributed by atoms with Crippen LogP contribution in [0.5, 0.6) is 11.5 Å². The molecule has 31 heavy (non-hydrogen) atoms. The maximum Gasteiger partial charge on any atom is 0.233 e. The molecular weight excluding hydrogens is 408 g/mol. The van der Waals surface area contributed by atoms with Gasteiger partial charge in [0.2, 0.25) is 17.5 Å². The van der Waals surface area contributed by atoms with Crippen LogP contribution in [0.4, 0.5) is 0 Å². The van der Waals surface area contributed by atoms with E-state index in [4.69, 9.17) is 13.9 Å². The number of fused-ring (bicyclic) bond motifs is 1. The van der Waals surface area contributed by atoms with Crippen molar-refractivity contribution < 1.29 is 39.4 Å². The molecule has 5 N–H and O–H groups in total. The van der Waals surface area contributed by atoms with E-state index in [0.717, 1.165) is 0 Å². The normalized spacial score (nSPS) is 30.4. The molecule has 4 rings (SSSR count). The molecule has 1 aromatic carbocycles. The van der Waals surface area contributed by atoms with Crippen LogP contribution in [0.2, 0.25) is 0 Å². The summed E-state index contributed by atoms with van der Waals surface area (Å²) >= 11 is 0. The van der Waals surface area contributed by atoms with Crippen molar-refractivity contribution in [2.45, 2.75) is 51.0 Å². The van der Waals surface area contributed by atoms with Gasteiger partial charge < -0.3 is 39.4 Å². The van der Waals surface area contributed by atoms with Gasteiger partial charge >= 0.3 is 0 Å². The monoisotopic (exact) mass is 432 g/mol. The topological polar surface area (TPSA) is 150 Å². The number of aliphatic hydroxyl groups is 3. The lowest BCUT2D eigenvalue weighted by Gasteiger charge is -2.40. The summed E-state index contributed by atoms with van der Waals surface area (Å²) in [6, 6.07) is 5.69. The maximum absolute atomic E-state index is 12.7. The highest BCUT2D eigenvalue weighted by Gasteiger charge is 2.42. The van der Waals surface area contributed by atoms with Crippen LogP contribution in [0.25, 0.3) is 17.4 Å². The Hall–Kier alpha value is -2.85. The molecule has 1 fully saturated rings. The van der Waals surface area contributed by atoms with E-state index in [1.165, 1.54) is 30.3 Å². The van der Waals surface area contributed by atoms with Crippen molar-refractivity contribution in [1.82, 2.24) is 0 Å². The summed E-state index contributed by atoms with van der Waals surface area (Å²) in [5, 5.41) is 50.8. The summed E-state index contributed by atoms with van der Waals surface area (Å²) in [5.74, 6) is -0.893. The van der Waals surface area contributed by atoms with Crippen molar-refractivity contribution in [1.29, 1.82) is 0 Å². The molecule has 0 spiro atoms. The zero-order valence-corrected chi connectivity index (χ0v) is 16.9. The fraction of sp³-hybridized carbons (Fsp3) is 0.409. The highest BCUT2D eigenvalue weighted by atomic mass is 16.7. The molecule has 2 aromatic rings. The minimum atomic E-state index is -1.31. The Kier molecular flexibility index (Phi) is 5.52. The number of hydrogen-bond acceptors (Lipinski definition) is 9. The van der Waals surface area contributed by atoms with Crippen molar-refractivity contribution in [2.75, 3.05) is 0 Å². The van der Waals surface area contributed by atoms with Gasteiger partial charge in [-0.25, -0.2) is 0 Å². The maximum atomic E-state index is 12.7. The van der Waals surface area contributed by atoms with E-state index < -0.39 is 35.8 Å². The molecule has 6 unspecified atom stereocenters. The van der Waals surface area contributed by atoms with E-state index in [9.17, 15) is 30.3 Å². The second kappa shape index (κ2) is 8.01. The molecule has 166 valence electrons. The van der Waals surface area contributed by atoms with Crippen molar-refractivity contribution >= 4 is 6.08 Å². The lowest BCUT2D eigenvalue weighted by atomic mass is 9.91. The molecule has 1 aromatic heterocycles. The summed E-state index contributed by atoms with van der Waals surface area (Å²) in [5.41, 5.74) is -0.540. The predicted octanol–water partition coefficient (Wildman–Crippen LogP) is 1.62. The van der Waals surface area contributed by atoms with Crippen LogP contribution in [0.15, 0.2) is 39.2 Å². The van der Waals surface area contributed by atoms with Crippen molar-refractivity contribution in [3.05, 3.63) is 51.6 Å². The van der Waals surface area contributed by atoms with Gasteiger partial charge in [-0.2, -0.15) is 0 Å². The van der Waals surface area contributed by atoms with Crippen molar-refractivity contribution in [3.8, 4) is 22.8 Å². The molecule has 0 radical (unpaired) electrons. The van der Waals surface area contributed by atoms with Crippen molar-refractivity contribution in [2.24, 2.45) is 5.92 Å². The van der Waals surface area contributed by atoms with Crippen LogP contribution < -0.4 is 5.43 Å². The molecule has 0 saturated carbocycles. The smallest absolute Gasteiger partial charge is 0.233 e. The number of hydrogen-bond donors (Lipinski definition) is 5. The molecule has 2 heterocycles. The summed E-state index contributed by atoms with van der Waals surface area (Å²) in [4.78, 5) is 12.7. The Balaban J connectivity index is 1.70. The highest BCUT2D eigenvalue weighted by Crippen LogP contribution is 2.38. The van der Waals surface area contributed by atoms with Gasteiger partial charge in [0.15, 0.2) is 5.76 Å². The van der Waals surface area contributed by atoms with Crippen LogP contribution in [0, 0.1) is 5.92 Å². The van der Waals surface area contributed by atoms with Crippen LogP contribution in [0.1, 0.15) is 37.7 Å². The minimum absolute atomic E-state index is 0.00586. The number of rotatable bonds is 3. The van der Waals surface area contributed by atoms with Crippen LogP contribution >= 0.6 is 0 Å². The average Bonchev–Trinajstić information content (AvgIpc) is 2.73. The zero-order chi connectivity index (χ0) is 22.4.